The van der Waals surface area contributed by atoms with Gasteiger partial charge in [-0.15, -0.1) is 0 Å². The fraction of sp³-hybridized carbons (Fsp3) is 0.167. The van der Waals surface area contributed by atoms with E-state index in [2.05, 4.69) is 29.0 Å². The van der Waals surface area contributed by atoms with Gasteiger partial charge in [0.2, 0.25) is 0 Å². The maximum absolute atomic E-state index is 4.41. The summed E-state index contributed by atoms with van der Waals surface area (Å²) in [5.41, 5.74) is 3.42. The van der Waals surface area contributed by atoms with E-state index in [9.17, 15) is 0 Å². The second kappa shape index (κ2) is 3.05. The number of imidazole rings is 1. The molecule has 0 aliphatic carbocycles. The first-order valence-corrected chi connectivity index (χ1v) is 5.09. The Morgan fingerprint density at radius 1 is 1.40 bits per heavy atom. The highest BCUT2D eigenvalue weighted by molar-refractivity contribution is 5.82. The van der Waals surface area contributed by atoms with Crippen molar-refractivity contribution in [3.8, 4) is 0 Å². The van der Waals surface area contributed by atoms with Gasteiger partial charge in [0.05, 0.1) is 11.7 Å². The smallest absolute Gasteiger partial charge is 0.145 e. The van der Waals surface area contributed by atoms with Gasteiger partial charge in [0.25, 0.3) is 0 Å². The van der Waals surface area contributed by atoms with Crippen LogP contribution in [0.25, 0.3) is 16.6 Å². The third kappa shape index (κ3) is 1.13. The number of aromatic nitrogens is 3. The Hall–Kier alpha value is -1.90. The number of hydrogen-bond donors (Lipinski definition) is 0. The molecule has 3 rings (SSSR count). The molecule has 0 saturated carbocycles. The largest absolute Gasteiger partial charge is 0.283 e. The van der Waals surface area contributed by atoms with Crippen molar-refractivity contribution in [3.63, 3.8) is 0 Å². The van der Waals surface area contributed by atoms with E-state index >= 15 is 0 Å². The van der Waals surface area contributed by atoms with E-state index in [0.717, 1.165) is 17.6 Å². The van der Waals surface area contributed by atoms with Gasteiger partial charge in [-0.2, -0.15) is 0 Å². The second-order valence-electron chi connectivity index (χ2n) is 3.59. The molecule has 0 aromatic carbocycles. The summed E-state index contributed by atoms with van der Waals surface area (Å²) in [4.78, 5) is 8.56. The van der Waals surface area contributed by atoms with Crippen molar-refractivity contribution in [2.75, 3.05) is 0 Å². The molecule has 3 aromatic rings. The lowest BCUT2D eigenvalue weighted by Crippen LogP contribution is -1.93. The SMILES string of the molecule is CCc1cc2cncn2c2ncccc12. The first-order chi connectivity index (χ1) is 7.40. The monoisotopic (exact) mass is 197 g/mol. The molecular weight excluding hydrogens is 186 g/mol. The maximum Gasteiger partial charge on any atom is 0.145 e. The van der Waals surface area contributed by atoms with Gasteiger partial charge in [0.1, 0.15) is 12.0 Å². The lowest BCUT2D eigenvalue weighted by Gasteiger charge is -2.05. The molecule has 0 atom stereocenters. The third-order valence-electron chi connectivity index (χ3n) is 2.73. The van der Waals surface area contributed by atoms with Crippen molar-refractivity contribution in [1.29, 1.82) is 0 Å². The molecular formula is C12H11N3. The Kier molecular flexibility index (Phi) is 1.71. The Labute approximate surface area is 87.4 Å². The lowest BCUT2D eigenvalue weighted by atomic mass is 10.1. The van der Waals surface area contributed by atoms with Crippen molar-refractivity contribution in [3.05, 3.63) is 42.5 Å². The number of rotatable bonds is 1. The number of aryl methyl sites for hydroxylation is 1. The molecule has 0 spiro atoms. The number of pyridine rings is 2. The first-order valence-electron chi connectivity index (χ1n) is 5.09. The first kappa shape index (κ1) is 8.41. The van der Waals surface area contributed by atoms with E-state index < -0.39 is 0 Å². The molecule has 3 heteroatoms. The average molecular weight is 197 g/mol. The van der Waals surface area contributed by atoms with Crippen molar-refractivity contribution in [2.45, 2.75) is 13.3 Å². The summed E-state index contributed by atoms with van der Waals surface area (Å²) >= 11 is 0. The summed E-state index contributed by atoms with van der Waals surface area (Å²) < 4.78 is 2.02. The number of hydrogen-bond acceptors (Lipinski definition) is 2. The molecule has 3 aromatic heterocycles. The van der Waals surface area contributed by atoms with Crippen LogP contribution in [0.4, 0.5) is 0 Å². The summed E-state index contributed by atoms with van der Waals surface area (Å²) in [6.07, 6.45) is 6.52. The average Bonchev–Trinajstić information content (AvgIpc) is 2.76. The molecule has 3 heterocycles. The van der Waals surface area contributed by atoms with E-state index in [1.165, 1.54) is 10.9 Å². The Bertz CT molecular complexity index is 625. The molecule has 0 aliphatic rings. The fourth-order valence-corrected chi connectivity index (χ4v) is 1.98. The molecule has 3 nitrogen and oxygen atoms in total. The van der Waals surface area contributed by atoms with Crippen LogP contribution >= 0.6 is 0 Å². The third-order valence-corrected chi connectivity index (χ3v) is 2.73. The summed E-state index contributed by atoms with van der Waals surface area (Å²) in [6.45, 7) is 2.16. The van der Waals surface area contributed by atoms with Crippen molar-refractivity contribution < 1.29 is 0 Å². The fourth-order valence-electron chi connectivity index (χ4n) is 1.98. The van der Waals surface area contributed by atoms with Crippen LogP contribution in [0.2, 0.25) is 0 Å². The predicted molar refractivity (Wildman–Crippen MR) is 59.9 cm³/mol. The van der Waals surface area contributed by atoms with E-state index in [-0.39, 0.29) is 0 Å². The van der Waals surface area contributed by atoms with Crippen LogP contribution in [-0.4, -0.2) is 14.4 Å². The molecule has 0 aliphatic heterocycles. The van der Waals surface area contributed by atoms with Crippen LogP contribution in [0.5, 0.6) is 0 Å². The molecule has 0 unspecified atom stereocenters. The zero-order chi connectivity index (χ0) is 10.3. The molecule has 0 N–H and O–H groups in total. The van der Waals surface area contributed by atoms with Crippen LogP contribution in [0.1, 0.15) is 12.5 Å². The number of fused-ring (bicyclic) bond motifs is 3. The Morgan fingerprint density at radius 2 is 2.33 bits per heavy atom. The molecule has 0 radical (unpaired) electrons. The quantitative estimate of drug-likeness (QED) is 0.599. The zero-order valence-electron chi connectivity index (χ0n) is 8.51. The predicted octanol–water partition coefficient (Wildman–Crippen LogP) is 2.44. The summed E-state index contributed by atoms with van der Waals surface area (Å²) in [6, 6.07) is 6.27. The van der Waals surface area contributed by atoms with Gasteiger partial charge in [-0.05, 0) is 30.2 Å². The van der Waals surface area contributed by atoms with Crippen molar-refractivity contribution in [1.82, 2.24) is 14.4 Å². The zero-order valence-corrected chi connectivity index (χ0v) is 8.51. The molecule has 74 valence electrons. The van der Waals surface area contributed by atoms with Crippen molar-refractivity contribution >= 4 is 16.6 Å². The van der Waals surface area contributed by atoms with Crippen LogP contribution in [0.15, 0.2) is 36.9 Å². The topological polar surface area (TPSA) is 30.2 Å². The highest BCUT2D eigenvalue weighted by atomic mass is 15.0. The normalized spacial score (nSPS) is 11.3. The summed E-state index contributed by atoms with van der Waals surface area (Å²) in [5, 5.41) is 1.21. The second-order valence-corrected chi connectivity index (χ2v) is 3.59. The van der Waals surface area contributed by atoms with Gasteiger partial charge in [-0.25, -0.2) is 9.97 Å². The van der Waals surface area contributed by atoms with Gasteiger partial charge < -0.3 is 0 Å². The van der Waals surface area contributed by atoms with Gasteiger partial charge >= 0.3 is 0 Å². The van der Waals surface area contributed by atoms with E-state index in [0.29, 0.717) is 0 Å². The van der Waals surface area contributed by atoms with Crippen molar-refractivity contribution in [2.24, 2.45) is 0 Å². The lowest BCUT2D eigenvalue weighted by molar-refractivity contribution is 1.12. The summed E-state index contributed by atoms with van der Waals surface area (Å²) in [7, 11) is 0. The van der Waals surface area contributed by atoms with Gasteiger partial charge in [-0.3, -0.25) is 4.40 Å². The molecule has 0 saturated heterocycles. The highest BCUT2D eigenvalue weighted by Crippen LogP contribution is 2.20. The van der Waals surface area contributed by atoms with Gasteiger partial charge in [-0.1, -0.05) is 6.92 Å². The standard InChI is InChI=1S/C12H11N3/c1-2-9-6-10-7-13-8-15(10)12-11(9)4-3-5-14-12/h3-8H,2H2,1H3. The van der Waals surface area contributed by atoms with Crippen LogP contribution in [-0.2, 0) is 6.42 Å². The van der Waals surface area contributed by atoms with E-state index in [1.54, 1.807) is 0 Å². The molecule has 0 fully saturated rings. The molecule has 0 amide bonds. The van der Waals surface area contributed by atoms with E-state index in [1.807, 2.05) is 29.2 Å². The maximum atomic E-state index is 4.41. The molecule has 15 heavy (non-hydrogen) atoms. The molecule has 0 bridgehead atoms. The van der Waals surface area contributed by atoms with Crippen LogP contribution < -0.4 is 0 Å². The highest BCUT2D eigenvalue weighted by Gasteiger charge is 2.05. The van der Waals surface area contributed by atoms with Gasteiger partial charge in [0, 0.05) is 11.6 Å². The number of nitrogens with zero attached hydrogens (tertiary/aromatic N) is 3. The Balaban J connectivity index is 2.58. The van der Waals surface area contributed by atoms with Gasteiger partial charge in [0.15, 0.2) is 0 Å². The minimum atomic E-state index is 0.990. The van der Waals surface area contributed by atoms with E-state index in [4.69, 9.17) is 0 Å². The Morgan fingerprint density at radius 3 is 3.20 bits per heavy atom. The van der Waals surface area contributed by atoms with Crippen LogP contribution in [0, 0.1) is 0 Å². The van der Waals surface area contributed by atoms with Crippen LogP contribution in [0.3, 0.4) is 0 Å². The summed E-state index contributed by atoms with van der Waals surface area (Å²) in [5.74, 6) is 0. The minimum Gasteiger partial charge on any atom is -0.283 e. The minimum absolute atomic E-state index is 0.990.